The lowest BCUT2D eigenvalue weighted by molar-refractivity contribution is 0.531. The highest BCUT2D eigenvalue weighted by atomic mass is 32.2. The van der Waals surface area contributed by atoms with E-state index < -0.39 is 10.0 Å². The Morgan fingerprint density at radius 2 is 1.95 bits per heavy atom. The van der Waals surface area contributed by atoms with Crippen LogP contribution in [0.5, 0.6) is 0 Å². The van der Waals surface area contributed by atoms with Gasteiger partial charge >= 0.3 is 0 Å². The maximum absolute atomic E-state index is 11.2. The Morgan fingerprint density at radius 3 is 2.64 bits per heavy atom. The molecule has 0 saturated heterocycles. The number of benzene rings is 1. The number of sulfonamides is 1. The monoisotopic (exact) mass is 335 g/mol. The molecule has 3 N–H and O–H groups in total. The summed E-state index contributed by atoms with van der Waals surface area (Å²) in [6.07, 6.45) is 1.24. The van der Waals surface area contributed by atoms with E-state index in [0.29, 0.717) is 11.7 Å². The fourth-order valence-corrected chi connectivity index (χ4v) is 3.31. The summed E-state index contributed by atoms with van der Waals surface area (Å²) in [5.74, 6) is 1.51. The Bertz CT molecular complexity index is 870. The van der Waals surface area contributed by atoms with Crippen molar-refractivity contribution < 1.29 is 12.8 Å². The first kappa shape index (κ1) is 14.8. The second-order valence-electron chi connectivity index (χ2n) is 4.51. The highest BCUT2D eigenvalue weighted by Gasteiger charge is 2.12. The van der Waals surface area contributed by atoms with E-state index in [4.69, 9.17) is 9.56 Å². The van der Waals surface area contributed by atoms with Gasteiger partial charge in [0, 0.05) is 5.56 Å². The molecule has 0 amide bonds. The van der Waals surface area contributed by atoms with Crippen molar-refractivity contribution >= 4 is 26.5 Å². The molecule has 0 aliphatic carbocycles. The third-order valence-electron chi connectivity index (χ3n) is 2.90. The molecule has 1 aromatic carbocycles. The Labute approximate surface area is 131 Å². The minimum atomic E-state index is -3.70. The van der Waals surface area contributed by atoms with Crippen molar-refractivity contribution in [2.24, 2.45) is 5.14 Å². The van der Waals surface area contributed by atoms with Crippen LogP contribution in [0.3, 0.4) is 0 Å². The van der Waals surface area contributed by atoms with E-state index in [1.807, 2.05) is 42.5 Å². The summed E-state index contributed by atoms with van der Waals surface area (Å²) >= 11 is 0.985. The van der Waals surface area contributed by atoms with Crippen molar-refractivity contribution in [2.45, 2.75) is 10.8 Å². The van der Waals surface area contributed by atoms with Gasteiger partial charge in [-0.25, -0.2) is 18.5 Å². The fraction of sp³-hybridized carbons (Fsp3) is 0.0714. The lowest BCUT2D eigenvalue weighted by Gasteiger charge is -1.99. The highest BCUT2D eigenvalue weighted by molar-refractivity contribution is 7.91. The van der Waals surface area contributed by atoms with Crippen molar-refractivity contribution in [3.05, 3.63) is 54.4 Å². The zero-order valence-corrected chi connectivity index (χ0v) is 13.0. The van der Waals surface area contributed by atoms with Crippen molar-refractivity contribution in [1.29, 1.82) is 0 Å². The van der Waals surface area contributed by atoms with E-state index in [1.165, 1.54) is 6.20 Å². The lowest BCUT2D eigenvalue weighted by Crippen LogP contribution is -2.09. The van der Waals surface area contributed by atoms with Crippen LogP contribution in [0.15, 0.2) is 57.3 Å². The summed E-state index contributed by atoms with van der Waals surface area (Å²) in [4.78, 5) is 3.97. The van der Waals surface area contributed by atoms with Crippen LogP contribution < -0.4 is 10.5 Å². The number of aromatic nitrogens is 1. The molecule has 3 rings (SSSR count). The van der Waals surface area contributed by atoms with Gasteiger partial charge in [-0.05, 0) is 12.1 Å². The number of furan rings is 1. The zero-order valence-electron chi connectivity index (χ0n) is 11.4. The van der Waals surface area contributed by atoms with Crippen LogP contribution in [0.2, 0.25) is 0 Å². The Kier molecular flexibility index (Phi) is 3.97. The Hall–Kier alpha value is -2.16. The van der Waals surface area contributed by atoms with E-state index in [-0.39, 0.29) is 4.21 Å². The lowest BCUT2D eigenvalue weighted by atomic mass is 10.2. The number of rotatable bonds is 5. The van der Waals surface area contributed by atoms with Gasteiger partial charge in [0.05, 0.1) is 12.7 Å². The molecule has 2 aromatic heterocycles. The van der Waals surface area contributed by atoms with Gasteiger partial charge in [-0.2, -0.15) is 0 Å². The molecular formula is C14H13N3O3S2. The number of nitrogens with two attached hydrogens (primary N) is 1. The summed E-state index contributed by atoms with van der Waals surface area (Å²) in [5.41, 5.74) is 1.000. The summed E-state index contributed by atoms with van der Waals surface area (Å²) in [6, 6.07) is 13.5. The summed E-state index contributed by atoms with van der Waals surface area (Å²) in [6.45, 7) is 0.407. The topological polar surface area (TPSA) is 98.2 Å². The van der Waals surface area contributed by atoms with E-state index in [2.05, 4.69) is 10.3 Å². The Morgan fingerprint density at radius 1 is 1.18 bits per heavy atom. The number of thiazole rings is 1. The molecule has 6 nitrogen and oxygen atoms in total. The average Bonchev–Trinajstić information content (AvgIpc) is 3.15. The first-order valence-corrected chi connectivity index (χ1v) is 8.75. The van der Waals surface area contributed by atoms with Crippen LogP contribution >= 0.6 is 11.3 Å². The molecule has 8 heteroatoms. The molecule has 0 atom stereocenters. The zero-order chi connectivity index (χ0) is 15.6. The maximum Gasteiger partial charge on any atom is 0.249 e. The smallest absolute Gasteiger partial charge is 0.249 e. The van der Waals surface area contributed by atoms with Gasteiger partial charge in [-0.15, -0.1) is 0 Å². The molecular weight excluding hydrogens is 322 g/mol. The molecule has 2 heterocycles. The number of anilines is 1. The van der Waals surface area contributed by atoms with Crippen molar-refractivity contribution in [1.82, 2.24) is 4.98 Å². The molecule has 3 aromatic rings. The number of nitrogens with one attached hydrogen (secondary N) is 1. The molecule has 22 heavy (non-hydrogen) atoms. The third kappa shape index (κ3) is 3.35. The largest absolute Gasteiger partial charge is 0.459 e. The normalized spacial score (nSPS) is 11.5. The molecule has 114 valence electrons. The van der Waals surface area contributed by atoms with Crippen LogP contribution in [0, 0.1) is 0 Å². The fourth-order valence-electron chi connectivity index (χ4n) is 1.87. The van der Waals surface area contributed by atoms with Crippen molar-refractivity contribution in [2.75, 3.05) is 5.32 Å². The third-order valence-corrected chi connectivity index (χ3v) is 5.26. The molecule has 0 fully saturated rings. The second-order valence-corrected chi connectivity index (χ2v) is 7.33. The van der Waals surface area contributed by atoms with Gasteiger partial charge < -0.3 is 9.73 Å². The summed E-state index contributed by atoms with van der Waals surface area (Å²) < 4.78 is 28.1. The van der Waals surface area contributed by atoms with E-state index in [9.17, 15) is 8.42 Å². The highest BCUT2D eigenvalue weighted by Crippen LogP contribution is 2.24. The summed E-state index contributed by atoms with van der Waals surface area (Å²) in [5, 5.41) is 8.53. The minimum absolute atomic E-state index is 0.0272. The van der Waals surface area contributed by atoms with Gasteiger partial charge in [-0.1, -0.05) is 41.7 Å². The van der Waals surface area contributed by atoms with Crippen LogP contribution in [0.1, 0.15) is 5.76 Å². The second kappa shape index (κ2) is 5.91. The van der Waals surface area contributed by atoms with Gasteiger partial charge in [0.2, 0.25) is 10.0 Å². The quantitative estimate of drug-likeness (QED) is 0.747. The average molecular weight is 335 g/mol. The first-order chi connectivity index (χ1) is 10.5. The molecule has 0 unspecified atom stereocenters. The van der Waals surface area contributed by atoms with Crippen LogP contribution in [-0.4, -0.2) is 13.4 Å². The van der Waals surface area contributed by atoms with Gasteiger partial charge in [-0.3, -0.25) is 0 Å². The predicted molar refractivity (Wildman–Crippen MR) is 85.0 cm³/mol. The van der Waals surface area contributed by atoms with Crippen LogP contribution in [-0.2, 0) is 16.6 Å². The Balaban J connectivity index is 1.68. The number of hydrogen-bond donors (Lipinski definition) is 2. The molecule has 0 saturated carbocycles. The van der Waals surface area contributed by atoms with E-state index >= 15 is 0 Å². The number of hydrogen-bond acceptors (Lipinski definition) is 6. The molecule has 0 bridgehead atoms. The standard InChI is InChI=1S/C14H13N3O3S2/c15-22(18,19)13-9-17-14(21-13)16-8-11-6-7-12(20-11)10-4-2-1-3-5-10/h1-7,9H,8H2,(H,16,17)(H2,15,18,19). The number of nitrogens with zero attached hydrogens (tertiary/aromatic N) is 1. The maximum atomic E-state index is 11.2. The van der Waals surface area contributed by atoms with E-state index in [1.54, 1.807) is 0 Å². The van der Waals surface area contributed by atoms with Crippen molar-refractivity contribution in [3.63, 3.8) is 0 Å². The first-order valence-electron chi connectivity index (χ1n) is 6.39. The predicted octanol–water partition coefficient (Wildman–Crippen LogP) is 2.66. The summed E-state index contributed by atoms with van der Waals surface area (Å²) in [7, 11) is -3.70. The van der Waals surface area contributed by atoms with Gasteiger partial charge in [0.1, 0.15) is 11.5 Å². The molecule has 0 aliphatic rings. The molecule has 0 radical (unpaired) electrons. The van der Waals surface area contributed by atoms with Crippen molar-refractivity contribution in [3.8, 4) is 11.3 Å². The van der Waals surface area contributed by atoms with E-state index in [0.717, 1.165) is 28.4 Å². The van der Waals surface area contributed by atoms with Crippen LogP contribution in [0.25, 0.3) is 11.3 Å². The van der Waals surface area contributed by atoms with Gasteiger partial charge in [0.25, 0.3) is 0 Å². The minimum Gasteiger partial charge on any atom is -0.459 e. The van der Waals surface area contributed by atoms with Crippen LogP contribution in [0.4, 0.5) is 5.13 Å². The molecule has 0 spiro atoms. The van der Waals surface area contributed by atoms with Gasteiger partial charge in [0.15, 0.2) is 9.34 Å². The number of primary sulfonamides is 1. The SMILES string of the molecule is NS(=O)(=O)c1cnc(NCc2ccc(-c3ccccc3)o2)s1. The molecule has 0 aliphatic heterocycles.